The molecule has 0 N–H and O–H groups in total. The van der Waals surface area contributed by atoms with E-state index in [0.717, 1.165) is 10.6 Å². The van der Waals surface area contributed by atoms with Crippen LogP contribution in [0.5, 0.6) is 5.75 Å². The van der Waals surface area contributed by atoms with E-state index in [1.807, 2.05) is 38.1 Å². The highest BCUT2D eigenvalue weighted by molar-refractivity contribution is 7.84. The summed E-state index contributed by atoms with van der Waals surface area (Å²) < 4.78 is 16.8. The summed E-state index contributed by atoms with van der Waals surface area (Å²) in [5.41, 5.74) is -0.382. The van der Waals surface area contributed by atoms with Gasteiger partial charge in [-0.2, -0.15) is 0 Å². The highest BCUT2D eigenvalue weighted by Gasteiger charge is 2.14. The molecule has 0 saturated heterocycles. The van der Waals surface area contributed by atoms with E-state index in [1.54, 1.807) is 12.3 Å². The summed E-state index contributed by atoms with van der Waals surface area (Å²) in [5.74, 6) is 0.758. The Hall–Kier alpha value is -1.09. The molecule has 1 aromatic carbocycles. The molecule has 0 aliphatic rings. The van der Waals surface area contributed by atoms with E-state index in [1.165, 1.54) is 0 Å². The monoisotopic (exact) mass is 224 g/mol. The summed E-state index contributed by atoms with van der Waals surface area (Å²) in [6.45, 7) is 7.57. The molecule has 0 bridgehead atoms. The van der Waals surface area contributed by atoms with Gasteiger partial charge in [0.25, 0.3) is 0 Å². The minimum atomic E-state index is -0.938. The van der Waals surface area contributed by atoms with E-state index in [2.05, 4.69) is 6.58 Å². The average molecular weight is 224 g/mol. The van der Waals surface area contributed by atoms with E-state index >= 15 is 0 Å². The van der Waals surface area contributed by atoms with Crippen LogP contribution in [0.1, 0.15) is 13.8 Å². The Kier molecular flexibility index (Phi) is 3.69. The van der Waals surface area contributed by atoms with Crippen molar-refractivity contribution < 1.29 is 8.95 Å². The van der Waals surface area contributed by atoms with Crippen molar-refractivity contribution in [2.24, 2.45) is 0 Å². The minimum absolute atomic E-state index is 0.382. The smallest absolute Gasteiger partial charge is 0.121 e. The standard InChI is InChI=1S/C12H16O2S/c1-5-12(2,3)14-10-6-8-11(9-7-10)15(4)13/h5-9H,1H2,2-4H3. The molecule has 3 heteroatoms. The van der Waals surface area contributed by atoms with Gasteiger partial charge in [0, 0.05) is 22.0 Å². The van der Waals surface area contributed by atoms with Gasteiger partial charge in [0.1, 0.15) is 11.4 Å². The summed E-state index contributed by atoms with van der Waals surface area (Å²) in [6.07, 6.45) is 3.41. The largest absolute Gasteiger partial charge is 0.484 e. The lowest BCUT2D eigenvalue weighted by atomic mass is 10.1. The van der Waals surface area contributed by atoms with Crippen molar-refractivity contribution in [2.45, 2.75) is 24.3 Å². The fourth-order valence-corrected chi connectivity index (χ4v) is 1.56. The van der Waals surface area contributed by atoms with E-state index in [-0.39, 0.29) is 5.60 Å². The predicted molar refractivity (Wildman–Crippen MR) is 63.7 cm³/mol. The summed E-state index contributed by atoms with van der Waals surface area (Å²) in [6, 6.07) is 7.26. The Morgan fingerprint density at radius 3 is 2.27 bits per heavy atom. The summed E-state index contributed by atoms with van der Waals surface area (Å²) in [5, 5.41) is 0. The molecular weight excluding hydrogens is 208 g/mol. The predicted octanol–water partition coefficient (Wildman–Crippen LogP) is 2.77. The van der Waals surface area contributed by atoms with Gasteiger partial charge in [-0.25, -0.2) is 0 Å². The molecule has 0 amide bonds. The van der Waals surface area contributed by atoms with E-state index in [4.69, 9.17) is 4.74 Å². The number of hydrogen-bond acceptors (Lipinski definition) is 2. The number of benzene rings is 1. The van der Waals surface area contributed by atoms with Crippen LogP contribution in [0.25, 0.3) is 0 Å². The van der Waals surface area contributed by atoms with Gasteiger partial charge in [0.2, 0.25) is 0 Å². The maximum Gasteiger partial charge on any atom is 0.121 e. The van der Waals surface area contributed by atoms with Crippen molar-refractivity contribution in [1.29, 1.82) is 0 Å². The molecule has 1 unspecified atom stereocenters. The summed E-state index contributed by atoms with van der Waals surface area (Å²) in [7, 11) is -0.938. The number of hydrogen-bond donors (Lipinski definition) is 0. The van der Waals surface area contributed by atoms with Crippen molar-refractivity contribution >= 4 is 10.8 Å². The van der Waals surface area contributed by atoms with Gasteiger partial charge >= 0.3 is 0 Å². The van der Waals surface area contributed by atoms with Crippen LogP contribution in [-0.2, 0) is 10.8 Å². The first-order chi connectivity index (χ1) is 6.94. The molecule has 1 rings (SSSR count). The van der Waals surface area contributed by atoms with Crippen LogP contribution in [0.2, 0.25) is 0 Å². The molecule has 0 saturated carbocycles. The van der Waals surface area contributed by atoms with Crippen molar-refractivity contribution in [1.82, 2.24) is 0 Å². The zero-order chi connectivity index (χ0) is 11.5. The molecule has 0 heterocycles. The van der Waals surface area contributed by atoms with Gasteiger partial charge in [0.15, 0.2) is 0 Å². The molecule has 0 aliphatic heterocycles. The Balaban J connectivity index is 2.81. The molecule has 82 valence electrons. The molecule has 0 radical (unpaired) electrons. The van der Waals surface area contributed by atoms with Crippen molar-refractivity contribution in [3.8, 4) is 5.75 Å². The second-order valence-electron chi connectivity index (χ2n) is 3.84. The Bertz CT molecular complexity index is 366. The van der Waals surface area contributed by atoms with Crippen molar-refractivity contribution in [3.63, 3.8) is 0 Å². The van der Waals surface area contributed by atoms with Crippen LogP contribution in [0.4, 0.5) is 0 Å². The van der Waals surface area contributed by atoms with Crippen LogP contribution in [-0.4, -0.2) is 16.1 Å². The fraction of sp³-hybridized carbons (Fsp3) is 0.333. The molecular formula is C12H16O2S. The lowest BCUT2D eigenvalue weighted by Gasteiger charge is -2.22. The minimum Gasteiger partial charge on any atom is -0.484 e. The lowest BCUT2D eigenvalue weighted by molar-refractivity contribution is 0.162. The zero-order valence-electron chi connectivity index (χ0n) is 9.32. The number of ether oxygens (including phenoxy) is 1. The lowest BCUT2D eigenvalue weighted by Crippen LogP contribution is -2.24. The Morgan fingerprint density at radius 1 is 1.33 bits per heavy atom. The van der Waals surface area contributed by atoms with Gasteiger partial charge < -0.3 is 4.74 Å². The molecule has 0 fully saturated rings. The molecule has 1 aromatic rings. The average Bonchev–Trinajstić information content (AvgIpc) is 2.18. The third-order valence-electron chi connectivity index (χ3n) is 2.03. The third kappa shape index (κ3) is 3.51. The van der Waals surface area contributed by atoms with Crippen molar-refractivity contribution in [2.75, 3.05) is 6.26 Å². The molecule has 15 heavy (non-hydrogen) atoms. The fourth-order valence-electron chi connectivity index (χ4n) is 1.04. The quantitative estimate of drug-likeness (QED) is 0.735. The molecule has 2 nitrogen and oxygen atoms in total. The molecule has 0 spiro atoms. The van der Waals surface area contributed by atoms with Crippen LogP contribution in [0.15, 0.2) is 41.8 Å². The topological polar surface area (TPSA) is 26.3 Å². The molecule has 0 aromatic heterocycles. The first-order valence-electron chi connectivity index (χ1n) is 4.71. The first kappa shape index (κ1) is 12.0. The van der Waals surface area contributed by atoms with Crippen LogP contribution >= 0.6 is 0 Å². The second kappa shape index (κ2) is 4.62. The summed E-state index contributed by atoms with van der Waals surface area (Å²) in [4.78, 5) is 0.804. The van der Waals surface area contributed by atoms with E-state index in [0.29, 0.717) is 0 Å². The SMILES string of the molecule is C=CC(C)(C)Oc1ccc(S(C)=O)cc1. The highest BCUT2D eigenvalue weighted by atomic mass is 32.2. The van der Waals surface area contributed by atoms with Gasteiger partial charge in [-0.1, -0.05) is 6.58 Å². The van der Waals surface area contributed by atoms with Gasteiger partial charge in [0.05, 0.1) is 0 Å². The van der Waals surface area contributed by atoms with Crippen molar-refractivity contribution in [3.05, 3.63) is 36.9 Å². The van der Waals surface area contributed by atoms with Gasteiger partial charge in [-0.15, -0.1) is 0 Å². The maximum absolute atomic E-state index is 11.2. The molecule has 1 atom stereocenters. The van der Waals surface area contributed by atoms with E-state index in [9.17, 15) is 4.21 Å². The van der Waals surface area contributed by atoms with Gasteiger partial charge in [-0.05, 0) is 44.2 Å². The number of rotatable bonds is 4. The highest BCUT2D eigenvalue weighted by Crippen LogP contribution is 2.20. The second-order valence-corrected chi connectivity index (χ2v) is 5.21. The maximum atomic E-state index is 11.2. The zero-order valence-corrected chi connectivity index (χ0v) is 10.1. The third-order valence-corrected chi connectivity index (χ3v) is 2.96. The molecule has 0 aliphatic carbocycles. The van der Waals surface area contributed by atoms with Crippen LogP contribution in [0.3, 0.4) is 0 Å². The summed E-state index contributed by atoms with van der Waals surface area (Å²) >= 11 is 0. The Morgan fingerprint density at radius 2 is 1.87 bits per heavy atom. The normalized spacial score (nSPS) is 13.3. The van der Waals surface area contributed by atoms with Crippen LogP contribution < -0.4 is 4.74 Å². The first-order valence-corrected chi connectivity index (χ1v) is 6.26. The Labute approximate surface area is 93.4 Å². The van der Waals surface area contributed by atoms with Gasteiger partial charge in [-0.3, -0.25) is 4.21 Å². The van der Waals surface area contributed by atoms with Crippen LogP contribution in [0, 0.1) is 0 Å². The van der Waals surface area contributed by atoms with E-state index < -0.39 is 10.8 Å².